The minimum Gasteiger partial charge on any atom is -0.353 e. The average molecular weight is 453 g/mol. The fourth-order valence-electron chi connectivity index (χ4n) is 2.48. The van der Waals surface area contributed by atoms with Crippen molar-refractivity contribution in [2.24, 2.45) is 0 Å². The molecule has 1 N–H and O–H groups in total. The van der Waals surface area contributed by atoms with E-state index in [4.69, 9.17) is 23.2 Å². The maximum atomic E-state index is 12.5. The number of nitrogens with zero attached hydrogens (tertiary/aromatic N) is 3. The number of imide groups is 1. The van der Waals surface area contributed by atoms with Crippen LogP contribution in [0.5, 0.6) is 0 Å². The van der Waals surface area contributed by atoms with E-state index >= 15 is 0 Å². The molecule has 11 heteroatoms. The van der Waals surface area contributed by atoms with Crippen molar-refractivity contribution < 1.29 is 14.4 Å². The van der Waals surface area contributed by atoms with E-state index in [0.29, 0.717) is 15.6 Å². The van der Waals surface area contributed by atoms with Gasteiger partial charge in [-0.3, -0.25) is 23.9 Å². The highest BCUT2D eigenvalue weighted by atomic mass is 35.5. The molecule has 0 radical (unpaired) electrons. The summed E-state index contributed by atoms with van der Waals surface area (Å²) in [6.07, 6.45) is 4.30. The summed E-state index contributed by atoms with van der Waals surface area (Å²) in [7, 11) is 0. The largest absolute Gasteiger partial charge is 0.353 e. The zero-order valence-corrected chi connectivity index (χ0v) is 17.1. The third kappa shape index (κ3) is 5.26. The molecule has 0 aliphatic carbocycles. The van der Waals surface area contributed by atoms with Crippen LogP contribution in [0.1, 0.15) is 5.56 Å². The molecule has 1 aliphatic rings. The molecule has 0 bridgehead atoms. The van der Waals surface area contributed by atoms with Gasteiger partial charge in [0, 0.05) is 35.5 Å². The summed E-state index contributed by atoms with van der Waals surface area (Å²) in [5, 5.41) is 2.95. The summed E-state index contributed by atoms with van der Waals surface area (Å²) in [6.45, 7) is -0.144. The fourth-order valence-corrected chi connectivity index (χ4v) is 3.80. The van der Waals surface area contributed by atoms with Gasteiger partial charge in [-0.15, -0.1) is 0 Å². The van der Waals surface area contributed by atoms with Crippen LogP contribution in [0.25, 0.3) is 6.08 Å². The lowest BCUT2D eigenvalue weighted by Crippen LogP contribution is -2.39. The van der Waals surface area contributed by atoms with E-state index in [0.717, 1.165) is 21.2 Å². The van der Waals surface area contributed by atoms with Crippen LogP contribution in [0.15, 0.2) is 46.4 Å². The number of nitrogens with one attached hydrogen (secondary N) is 1. The Morgan fingerprint density at radius 1 is 1.24 bits per heavy atom. The Hall–Kier alpha value is -2.62. The van der Waals surface area contributed by atoms with E-state index in [-0.39, 0.29) is 24.5 Å². The van der Waals surface area contributed by atoms with Crippen LogP contribution in [0.2, 0.25) is 10.0 Å². The summed E-state index contributed by atoms with van der Waals surface area (Å²) in [4.78, 5) is 52.9. The Labute approximate surface area is 179 Å². The van der Waals surface area contributed by atoms with Gasteiger partial charge < -0.3 is 5.32 Å². The zero-order valence-electron chi connectivity index (χ0n) is 14.8. The monoisotopic (exact) mass is 452 g/mol. The van der Waals surface area contributed by atoms with E-state index in [1.54, 1.807) is 18.2 Å². The molecule has 3 amide bonds. The maximum absolute atomic E-state index is 12.5. The first-order chi connectivity index (χ1) is 13.8. The van der Waals surface area contributed by atoms with Gasteiger partial charge in [-0.1, -0.05) is 29.3 Å². The first-order valence-electron chi connectivity index (χ1n) is 8.34. The Balaban J connectivity index is 1.58. The van der Waals surface area contributed by atoms with Crippen LogP contribution in [-0.4, -0.2) is 44.6 Å². The third-order valence-electron chi connectivity index (χ3n) is 3.88. The lowest BCUT2D eigenvalue weighted by atomic mass is 10.2. The highest BCUT2D eigenvalue weighted by Gasteiger charge is 2.34. The van der Waals surface area contributed by atoms with Gasteiger partial charge in [0.05, 0.1) is 4.91 Å². The van der Waals surface area contributed by atoms with Gasteiger partial charge in [0.25, 0.3) is 11.1 Å². The SMILES string of the molecule is O=C(Cn1cccnc1=O)NCCN1C(=O)S/C(=C\c2ccc(Cl)cc2Cl)C1=O. The van der Waals surface area contributed by atoms with Gasteiger partial charge in [0.1, 0.15) is 6.54 Å². The van der Waals surface area contributed by atoms with Gasteiger partial charge in [-0.2, -0.15) is 0 Å². The van der Waals surface area contributed by atoms with Crippen LogP contribution >= 0.6 is 35.0 Å². The molecule has 0 unspecified atom stereocenters. The zero-order chi connectivity index (χ0) is 21.0. The summed E-state index contributed by atoms with van der Waals surface area (Å²) in [5.74, 6) is -0.903. The number of halogens is 2. The Morgan fingerprint density at radius 3 is 2.76 bits per heavy atom. The molecule has 1 aromatic heterocycles. The maximum Gasteiger partial charge on any atom is 0.347 e. The van der Waals surface area contributed by atoms with Crippen molar-refractivity contribution in [2.45, 2.75) is 6.54 Å². The molecular formula is C18H14Cl2N4O4S. The van der Waals surface area contributed by atoms with Crippen molar-refractivity contribution in [1.82, 2.24) is 19.8 Å². The molecule has 2 heterocycles. The van der Waals surface area contributed by atoms with Crippen molar-refractivity contribution in [2.75, 3.05) is 13.1 Å². The second-order valence-corrected chi connectivity index (χ2v) is 7.72. The summed E-state index contributed by atoms with van der Waals surface area (Å²) in [6, 6.07) is 6.36. The predicted octanol–water partition coefficient (Wildman–Crippen LogP) is 2.40. The van der Waals surface area contributed by atoms with Crippen LogP contribution in [-0.2, 0) is 16.1 Å². The van der Waals surface area contributed by atoms with Crippen LogP contribution in [0.3, 0.4) is 0 Å². The predicted molar refractivity (Wildman–Crippen MR) is 111 cm³/mol. The number of aromatic nitrogens is 2. The molecule has 1 aromatic carbocycles. The molecule has 2 aromatic rings. The fraction of sp³-hybridized carbons (Fsp3) is 0.167. The molecule has 29 heavy (non-hydrogen) atoms. The van der Waals surface area contributed by atoms with Gasteiger partial charge in [-0.25, -0.2) is 9.78 Å². The molecule has 1 aliphatic heterocycles. The van der Waals surface area contributed by atoms with Crippen molar-refractivity contribution in [3.8, 4) is 0 Å². The Morgan fingerprint density at radius 2 is 2.03 bits per heavy atom. The smallest absolute Gasteiger partial charge is 0.347 e. The lowest BCUT2D eigenvalue weighted by Gasteiger charge is -2.13. The minimum absolute atomic E-state index is 0.00400. The van der Waals surface area contributed by atoms with Gasteiger partial charge in [0.2, 0.25) is 5.91 Å². The molecule has 3 rings (SSSR count). The number of hydrogen-bond donors (Lipinski definition) is 1. The van der Waals surface area contributed by atoms with Crippen LogP contribution in [0.4, 0.5) is 4.79 Å². The first kappa shape index (κ1) is 21.1. The Bertz CT molecular complexity index is 1070. The molecular weight excluding hydrogens is 439 g/mol. The molecule has 1 saturated heterocycles. The topological polar surface area (TPSA) is 101 Å². The standard InChI is InChI=1S/C18H14Cl2N4O4S/c19-12-3-2-11(13(20)9-12)8-14-16(26)24(18(28)29-14)7-5-21-15(25)10-23-6-1-4-22-17(23)27/h1-4,6,8-9H,5,7,10H2,(H,21,25)/b14-8-. The van der Waals surface area contributed by atoms with Crippen molar-refractivity contribution in [3.63, 3.8) is 0 Å². The molecule has 0 atom stereocenters. The minimum atomic E-state index is -0.542. The van der Waals surface area contributed by atoms with Crippen LogP contribution < -0.4 is 11.0 Å². The average Bonchev–Trinajstić information content (AvgIpc) is 2.93. The highest BCUT2D eigenvalue weighted by molar-refractivity contribution is 8.18. The van der Waals surface area contributed by atoms with Crippen molar-refractivity contribution in [1.29, 1.82) is 0 Å². The van der Waals surface area contributed by atoms with E-state index in [1.165, 1.54) is 24.5 Å². The number of carbonyl (C=O) groups excluding carboxylic acids is 3. The summed E-state index contributed by atoms with van der Waals surface area (Å²) in [5.41, 5.74) is 0.0244. The summed E-state index contributed by atoms with van der Waals surface area (Å²) >= 11 is 12.7. The number of hydrogen-bond acceptors (Lipinski definition) is 6. The number of thioether (sulfide) groups is 1. The number of rotatable bonds is 6. The van der Waals surface area contributed by atoms with E-state index in [9.17, 15) is 19.2 Å². The van der Waals surface area contributed by atoms with Crippen LogP contribution in [0, 0.1) is 0 Å². The highest BCUT2D eigenvalue weighted by Crippen LogP contribution is 2.33. The van der Waals surface area contributed by atoms with E-state index < -0.39 is 22.7 Å². The number of amides is 3. The van der Waals surface area contributed by atoms with Gasteiger partial charge >= 0.3 is 5.69 Å². The van der Waals surface area contributed by atoms with E-state index in [2.05, 4.69) is 10.3 Å². The number of benzene rings is 1. The molecule has 8 nitrogen and oxygen atoms in total. The normalized spacial score (nSPS) is 15.2. The quantitative estimate of drug-likeness (QED) is 0.675. The first-order valence-corrected chi connectivity index (χ1v) is 9.91. The van der Waals surface area contributed by atoms with Crippen molar-refractivity contribution >= 4 is 58.1 Å². The molecule has 0 spiro atoms. The van der Waals surface area contributed by atoms with E-state index in [1.807, 2.05) is 0 Å². The number of carbonyl (C=O) groups is 3. The Kier molecular flexibility index (Phi) is 6.73. The third-order valence-corrected chi connectivity index (χ3v) is 5.35. The molecule has 0 saturated carbocycles. The van der Waals surface area contributed by atoms with Crippen molar-refractivity contribution in [3.05, 3.63) is 67.7 Å². The second kappa shape index (κ2) is 9.25. The van der Waals surface area contributed by atoms with Gasteiger partial charge in [-0.05, 0) is 41.6 Å². The molecule has 1 fully saturated rings. The molecule has 150 valence electrons. The van der Waals surface area contributed by atoms with Gasteiger partial charge in [0.15, 0.2) is 0 Å². The summed E-state index contributed by atoms with van der Waals surface area (Å²) < 4.78 is 1.15. The second-order valence-electron chi connectivity index (χ2n) is 5.88. The lowest BCUT2D eigenvalue weighted by molar-refractivity contribution is -0.124.